The van der Waals surface area contributed by atoms with Crippen LogP contribution in [-0.2, 0) is 31.6 Å². The Morgan fingerprint density at radius 1 is 1.12 bits per heavy atom. The number of hydrogen-bond donors (Lipinski definition) is 8. The van der Waals surface area contributed by atoms with E-state index >= 15 is 0 Å². The number of carbonyl (C=O) groups excluding carboxylic acids is 1. The molecule has 32 heavy (non-hydrogen) atoms. The van der Waals surface area contributed by atoms with E-state index in [4.69, 9.17) is 30.3 Å². The van der Waals surface area contributed by atoms with Gasteiger partial charge in [-0.25, -0.2) is 23.3 Å². The van der Waals surface area contributed by atoms with Crippen molar-refractivity contribution >= 4 is 35.3 Å². The van der Waals surface area contributed by atoms with Crippen LogP contribution in [0.5, 0.6) is 0 Å². The lowest BCUT2D eigenvalue weighted by Crippen LogP contribution is -2.36. The maximum atomic E-state index is 12.2. The molecule has 2 rings (SSSR count). The Morgan fingerprint density at radius 3 is 2.22 bits per heavy atom. The van der Waals surface area contributed by atoms with Crippen molar-refractivity contribution in [1.82, 2.24) is 9.55 Å². The molecule has 2 heterocycles. The van der Waals surface area contributed by atoms with E-state index < -0.39 is 77.7 Å². The molecule has 1 aromatic heterocycles. The van der Waals surface area contributed by atoms with E-state index in [1.807, 2.05) is 0 Å². The van der Waals surface area contributed by atoms with Crippen molar-refractivity contribution in [2.24, 2.45) is 0 Å². The molecule has 1 aliphatic rings. The Balaban J connectivity index is 2.30. The van der Waals surface area contributed by atoms with Crippen LogP contribution in [0, 0.1) is 0 Å². The molecule has 1 fully saturated rings. The summed E-state index contributed by atoms with van der Waals surface area (Å²) in [4.78, 5) is 62.8. The van der Waals surface area contributed by atoms with Gasteiger partial charge in [-0.1, -0.05) is 0 Å². The normalized spacial score (nSPS) is 27.5. The van der Waals surface area contributed by atoms with Gasteiger partial charge in [-0.3, -0.25) is 9.46 Å². The number of phosphoric ester groups is 1. The van der Waals surface area contributed by atoms with Gasteiger partial charge < -0.3 is 45.0 Å². The number of aliphatic hydroxyl groups is 3. The third-order valence-corrected chi connectivity index (χ3v) is 7.33. The highest BCUT2D eigenvalue weighted by molar-refractivity contribution is 7.66. The first-order chi connectivity index (χ1) is 14.5. The Hall–Kier alpha value is -1.56. The number of rotatable bonds is 8. The van der Waals surface area contributed by atoms with Gasteiger partial charge in [-0.05, 0) is 0 Å². The number of aromatic nitrogens is 2. The highest BCUT2D eigenvalue weighted by Crippen LogP contribution is 2.66. The minimum absolute atomic E-state index is 0.424. The summed E-state index contributed by atoms with van der Waals surface area (Å²) < 4.78 is 50.0. The lowest BCUT2D eigenvalue weighted by Gasteiger charge is -2.19. The van der Waals surface area contributed by atoms with Gasteiger partial charge in [-0.15, -0.1) is 0 Å². The summed E-state index contributed by atoms with van der Waals surface area (Å²) in [6.07, 6.45) is -5.94. The summed E-state index contributed by atoms with van der Waals surface area (Å²) >= 11 is 0. The van der Waals surface area contributed by atoms with Crippen molar-refractivity contribution in [3.63, 3.8) is 0 Å². The largest absolute Gasteiger partial charge is 0.538 e. The average molecular weight is 527 g/mol. The van der Waals surface area contributed by atoms with Crippen molar-refractivity contribution in [3.8, 4) is 0 Å². The smallest absolute Gasteiger partial charge is 0.394 e. The highest BCUT2D eigenvalue weighted by Gasteiger charge is 2.45. The van der Waals surface area contributed by atoms with Gasteiger partial charge in [0.05, 0.1) is 6.61 Å². The minimum atomic E-state index is -5.92. The number of ether oxygens (including phenoxy) is 1. The molecule has 0 aromatic carbocycles. The lowest BCUT2D eigenvalue weighted by atomic mass is 10.1. The summed E-state index contributed by atoms with van der Waals surface area (Å²) in [5.74, 6) is -2.78. The van der Waals surface area contributed by atoms with Gasteiger partial charge in [-0.2, -0.15) is 13.6 Å². The van der Waals surface area contributed by atoms with Crippen LogP contribution in [0.15, 0.2) is 11.0 Å². The number of anilines is 1. The van der Waals surface area contributed by atoms with Crippen LogP contribution in [0.4, 0.5) is 5.82 Å². The molecule has 6 atom stereocenters. The summed E-state index contributed by atoms with van der Waals surface area (Å²) in [5, 5.41) is 28.8. The highest BCUT2D eigenvalue weighted by atomic mass is 31.3. The molecule has 19 nitrogen and oxygen atoms in total. The molecular formula is C10H16N3O16P3. The maximum Gasteiger partial charge on any atom is 0.538 e. The van der Waals surface area contributed by atoms with Crippen LogP contribution in [-0.4, -0.2) is 75.3 Å². The summed E-state index contributed by atoms with van der Waals surface area (Å²) in [7, 11) is -17.5. The predicted molar refractivity (Wildman–Crippen MR) is 95.2 cm³/mol. The first-order valence-electron chi connectivity index (χ1n) is 7.85. The fourth-order valence-electron chi connectivity index (χ4n) is 2.38. The lowest BCUT2D eigenvalue weighted by molar-refractivity contribution is -0.0550. The van der Waals surface area contributed by atoms with E-state index in [1.165, 1.54) is 0 Å². The molecule has 1 aromatic rings. The fraction of sp³-hybridized carbons (Fsp3) is 0.500. The van der Waals surface area contributed by atoms with Crippen LogP contribution < -0.4 is 11.4 Å². The van der Waals surface area contributed by atoms with Crippen molar-refractivity contribution in [2.45, 2.75) is 24.5 Å². The number of nitrogen functional groups attached to an aromatic ring is 1. The molecule has 2 unspecified atom stereocenters. The van der Waals surface area contributed by atoms with E-state index in [1.54, 1.807) is 0 Å². The molecule has 1 saturated heterocycles. The molecular weight excluding hydrogens is 511 g/mol. The Labute approximate surface area is 176 Å². The Bertz CT molecular complexity index is 1080. The van der Waals surface area contributed by atoms with Crippen molar-refractivity contribution < 1.29 is 71.3 Å². The van der Waals surface area contributed by atoms with Gasteiger partial charge in [0.1, 0.15) is 29.7 Å². The number of hydrogen-bond acceptors (Lipinski definition) is 14. The fourth-order valence-corrected chi connectivity index (χ4v) is 5.33. The van der Waals surface area contributed by atoms with Crippen molar-refractivity contribution in [3.05, 3.63) is 22.2 Å². The summed E-state index contributed by atoms with van der Waals surface area (Å²) in [5.41, 5.74) is 3.20. The van der Waals surface area contributed by atoms with E-state index in [0.29, 0.717) is 10.8 Å². The van der Waals surface area contributed by atoms with Crippen LogP contribution in [0.1, 0.15) is 16.6 Å². The monoisotopic (exact) mass is 527 g/mol. The minimum Gasteiger partial charge on any atom is -0.394 e. The first-order valence-corrected chi connectivity index (χ1v) is 12.4. The maximum absolute atomic E-state index is 12.2. The first kappa shape index (κ1) is 26.7. The number of carbonyl (C=O) groups is 1. The van der Waals surface area contributed by atoms with Gasteiger partial charge in [0.2, 0.25) is 0 Å². The Morgan fingerprint density at radius 2 is 1.72 bits per heavy atom. The SMILES string of the molecule is Nc1nc(=O)n([C@@H]2O[C@H](CO)[C@@H](O)[C@H]2O)cc1C(=O)OP(=O)(O)OP(=O)(O)OP(=O)(O)O. The van der Waals surface area contributed by atoms with Crippen LogP contribution >= 0.6 is 23.5 Å². The molecule has 9 N–H and O–H groups in total. The number of phosphoric acid groups is 3. The second-order valence-corrected chi connectivity index (χ2v) is 10.3. The van der Waals surface area contributed by atoms with E-state index in [2.05, 4.69) is 18.1 Å². The van der Waals surface area contributed by atoms with Gasteiger partial charge >= 0.3 is 35.1 Å². The Kier molecular flexibility index (Phi) is 7.81. The molecule has 182 valence electrons. The third kappa shape index (κ3) is 6.49. The third-order valence-electron chi connectivity index (χ3n) is 3.61. The molecule has 0 spiro atoms. The van der Waals surface area contributed by atoms with E-state index in [9.17, 15) is 38.4 Å². The molecule has 0 amide bonds. The van der Waals surface area contributed by atoms with Crippen molar-refractivity contribution in [1.29, 1.82) is 0 Å². The van der Waals surface area contributed by atoms with E-state index in [0.717, 1.165) is 0 Å². The van der Waals surface area contributed by atoms with Gasteiger partial charge in [0, 0.05) is 6.20 Å². The zero-order valence-corrected chi connectivity index (χ0v) is 17.9. The number of nitrogens with zero attached hydrogens (tertiary/aromatic N) is 2. The van der Waals surface area contributed by atoms with Gasteiger partial charge in [0.15, 0.2) is 6.23 Å². The molecule has 0 radical (unpaired) electrons. The van der Waals surface area contributed by atoms with Crippen molar-refractivity contribution in [2.75, 3.05) is 12.3 Å². The van der Waals surface area contributed by atoms with Gasteiger partial charge in [0.25, 0.3) is 0 Å². The topological polar surface area (TPSA) is 308 Å². The second-order valence-electron chi connectivity index (χ2n) is 5.93. The summed E-state index contributed by atoms with van der Waals surface area (Å²) in [6, 6.07) is 0. The van der Waals surface area contributed by atoms with Crippen LogP contribution in [0.2, 0.25) is 0 Å². The van der Waals surface area contributed by atoms with Crippen LogP contribution in [0.25, 0.3) is 0 Å². The number of nitrogens with two attached hydrogens (primary N) is 1. The second kappa shape index (κ2) is 9.36. The molecule has 22 heteroatoms. The number of aliphatic hydroxyl groups excluding tert-OH is 3. The predicted octanol–water partition coefficient (Wildman–Crippen LogP) is -3.08. The quantitative estimate of drug-likeness (QED) is 0.155. The molecule has 0 bridgehead atoms. The molecule has 0 saturated carbocycles. The summed E-state index contributed by atoms with van der Waals surface area (Å²) in [6.45, 7) is -0.760. The van der Waals surface area contributed by atoms with Crippen LogP contribution in [0.3, 0.4) is 0 Å². The van der Waals surface area contributed by atoms with E-state index in [-0.39, 0.29) is 0 Å². The molecule has 1 aliphatic heterocycles. The zero-order chi connectivity index (χ0) is 24.6. The standard InChI is InChI=1S/C10H16N3O16P3/c11-7-3(9(17)27-31(22,23)29-32(24,25)28-30(19,20)21)1-13(10(18)12-7)8-6(16)5(15)4(2-14)26-8/h1,4-6,8,14-16H,2H2,(H,22,23)(H,24,25)(H2,11,12,18)(H2,19,20,21)/t4-,5-,6-,8-/m1/s1. The zero-order valence-electron chi connectivity index (χ0n) is 15.2. The molecule has 0 aliphatic carbocycles. The average Bonchev–Trinajstić information content (AvgIpc) is 2.86.